The van der Waals surface area contributed by atoms with Gasteiger partial charge in [0.1, 0.15) is 18.2 Å². The SMILES string of the molecule is NC(c1cc(F)cc(F)c1)C1COc2ccccc2O1. The first-order valence-corrected chi connectivity index (χ1v) is 6.23. The number of benzene rings is 2. The minimum atomic E-state index is -0.673. The molecule has 0 saturated carbocycles. The molecule has 0 saturated heterocycles. The molecule has 1 heterocycles. The van der Waals surface area contributed by atoms with E-state index in [0.29, 0.717) is 17.1 Å². The van der Waals surface area contributed by atoms with Gasteiger partial charge < -0.3 is 15.2 Å². The maximum Gasteiger partial charge on any atom is 0.161 e. The molecule has 0 fully saturated rings. The van der Waals surface area contributed by atoms with Gasteiger partial charge in [0.25, 0.3) is 0 Å². The highest BCUT2D eigenvalue weighted by Gasteiger charge is 2.28. The second kappa shape index (κ2) is 5.09. The monoisotopic (exact) mass is 277 g/mol. The van der Waals surface area contributed by atoms with Crippen LogP contribution in [0.25, 0.3) is 0 Å². The lowest BCUT2D eigenvalue weighted by atomic mass is 10.0. The van der Waals surface area contributed by atoms with Crippen LogP contribution in [0, 0.1) is 11.6 Å². The van der Waals surface area contributed by atoms with Crippen LogP contribution >= 0.6 is 0 Å². The summed E-state index contributed by atoms with van der Waals surface area (Å²) in [4.78, 5) is 0. The van der Waals surface area contributed by atoms with Crippen molar-refractivity contribution in [1.29, 1.82) is 0 Å². The Labute approximate surface area is 114 Å². The van der Waals surface area contributed by atoms with E-state index in [4.69, 9.17) is 15.2 Å². The summed E-state index contributed by atoms with van der Waals surface area (Å²) in [6.45, 7) is 0.232. The van der Waals surface area contributed by atoms with Gasteiger partial charge in [-0.15, -0.1) is 0 Å². The van der Waals surface area contributed by atoms with Gasteiger partial charge >= 0.3 is 0 Å². The number of para-hydroxylation sites is 2. The molecule has 0 spiro atoms. The van der Waals surface area contributed by atoms with E-state index < -0.39 is 23.8 Å². The van der Waals surface area contributed by atoms with Crippen LogP contribution in [0.4, 0.5) is 8.78 Å². The minimum absolute atomic E-state index is 0.232. The average Bonchev–Trinajstić information content (AvgIpc) is 2.45. The molecule has 2 N–H and O–H groups in total. The Hall–Kier alpha value is -2.14. The van der Waals surface area contributed by atoms with Crippen LogP contribution in [0.5, 0.6) is 11.5 Å². The van der Waals surface area contributed by atoms with Crippen molar-refractivity contribution in [2.75, 3.05) is 6.61 Å². The highest BCUT2D eigenvalue weighted by Crippen LogP contribution is 2.33. The number of fused-ring (bicyclic) bond motifs is 1. The Morgan fingerprint density at radius 1 is 1.05 bits per heavy atom. The number of rotatable bonds is 2. The minimum Gasteiger partial charge on any atom is -0.486 e. The van der Waals surface area contributed by atoms with Gasteiger partial charge in [-0.2, -0.15) is 0 Å². The highest BCUT2D eigenvalue weighted by molar-refractivity contribution is 5.41. The summed E-state index contributed by atoms with van der Waals surface area (Å²) in [5.74, 6) is -0.0994. The molecular formula is C15H13F2NO2. The van der Waals surface area contributed by atoms with Gasteiger partial charge in [-0.05, 0) is 29.8 Å². The van der Waals surface area contributed by atoms with Gasteiger partial charge in [0.2, 0.25) is 0 Å². The van der Waals surface area contributed by atoms with E-state index in [0.717, 1.165) is 6.07 Å². The zero-order valence-electron chi connectivity index (χ0n) is 10.6. The van der Waals surface area contributed by atoms with E-state index >= 15 is 0 Å². The summed E-state index contributed by atoms with van der Waals surface area (Å²) >= 11 is 0. The van der Waals surface area contributed by atoms with Crippen molar-refractivity contribution in [2.45, 2.75) is 12.1 Å². The third kappa shape index (κ3) is 2.44. The first-order chi connectivity index (χ1) is 9.63. The summed E-state index contributed by atoms with van der Waals surface area (Å²) in [7, 11) is 0. The van der Waals surface area contributed by atoms with Crippen LogP contribution in [0.3, 0.4) is 0 Å². The molecule has 3 rings (SSSR count). The summed E-state index contributed by atoms with van der Waals surface area (Å²) in [5.41, 5.74) is 6.37. The smallest absolute Gasteiger partial charge is 0.161 e. The molecule has 0 aromatic heterocycles. The maximum atomic E-state index is 13.2. The van der Waals surface area contributed by atoms with Gasteiger partial charge in [-0.25, -0.2) is 8.78 Å². The molecule has 0 bridgehead atoms. The third-order valence-corrected chi connectivity index (χ3v) is 3.20. The Kier molecular flexibility index (Phi) is 3.28. The molecule has 0 aliphatic carbocycles. The lowest BCUT2D eigenvalue weighted by Gasteiger charge is -2.30. The van der Waals surface area contributed by atoms with Gasteiger partial charge in [-0.1, -0.05) is 12.1 Å². The molecular weight excluding hydrogens is 264 g/mol. The van der Waals surface area contributed by atoms with Crippen LogP contribution in [0.15, 0.2) is 42.5 Å². The summed E-state index contributed by atoms with van der Waals surface area (Å²) < 4.78 is 37.7. The number of halogens is 2. The Balaban J connectivity index is 1.83. The van der Waals surface area contributed by atoms with Crippen molar-refractivity contribution in [2.24, 2.45) is 5.73 Å². The van der Waals surface area contributed by atoms with Crippen molar-refractivity contribution in [3.63, 3.8) is 0 Å². The lowest BCUT2D eigenvalue weighted by Crippen LogP contribution is -2.39. The predicted octanol–water partition coefficient (Wildman–Crippen LogP) is 2.80. The fourth-order valence-corrected chi connectivity index (χ4v) is 2.20. The van der Waals surface area contributed by atoms with Crippen LogP contribution in [0.2, 0.25) is 0 Å². The standard InChI is InChI=1S/C15H13F2NO2/c16-10-5-9(6-11(17)7-10)15(18)14-8-19-12-3-1-2-4-13(12)20-14/h1-7,14-15H,8,18H2. The van der Waals surface area contributed by atoms with Crippen molar-refractivity contribution in [3.8, 4) is 11.5 Å². The zero-order valence-corrected chi connectivity index (χ0v) is 10.6. The summed E-state index contributed by atoms with van der Waals surface area (Å²) in [6.07, 6.45) is -0.494. The molecule has 2 atom stereocenters. The molecule has 1 aliphatic heterocycles. The molecule has 3 nitrogen and oxygen atoms in total. The molecule has 0 radical (unpaired) electrons. The number of hydrogen-bond donors (Lipinski definition) is 1. The highest BCUT2D eigenvalue weighted by atomic mass is 19.1. The van der Waals surface area contributed by atoms with E-state index in [9.17, 15) is 8.78 Å². The molecule has 20 heavy (non-hydrogen) atoms. The van der Waals surface area contributed by atoms with Gasteiger partial charge in [0.05, 0.1) is 6.04 Å². The fraction of sp³-hybridized carbons (Fsp3) is 0.200. The molecule has 2 unspecified atom stereocenters. The molecule has 2 aromatic rings. The van der Waals surface area contributed by atoms with E-state index in [1.54, 1.807) is 12.1 Å². The zero-order chi connectivity index (χ0) is 14.1. The fourth-order valence-electron chi connectivity index (χ4n) is 2.20. The predicted molar refractivity (Wildman–Crippen MR) is 69.6 cm³/mol. The van der Waals surface area contributed by atoms with E-state index in [1.165, 1.54) is 12.1 Å². The quantitative estimate of drug-likeness (QED) is 0.918. The van der Waals surface area contributed by atoms with Gasteiger partial charge in [-0.3, -0.25) is 0 Å². The van der Waals surface area contributed by atoms with Gasteiger partial charge in [0.15, 0.2) is 17.6 Å². The van der Waals surface area contributed by atoms with Gasteiger partial charge in [0, 0.05) is 6.07 Å². The second-order valence-corrected chi connectivity index (χ2v) is 4.64. The molecule has 1 aliphatic rings. The summed E-state index contributed by atoms with van der Waals surface area (Å²) in [5, 5.41) is 0. The lowest BCUT2D eigenvalue weighted by molar-refractivity contribution is 0.0720. The second-order valence-electron chi connectivity index (χ2n) is 4.64. The van der Waals surface area contributed by atoms with E-state index in [2.05, 4.69) is 0 Å². The third-order valence-electron chi connectivity index (χ3n) is 3.20. The summed E-state index contributed by atoms with van der Waals surface area (Å²) in [6, 6.07) is 9.76. The normalized spacial score (nSPS) is 18.6. The van der Waals surface area contributed by atoms with Crippen molar-refractivity contribution >= 4 is 0 Å². The van der Waals surface area contributed by atoms with Crippen LogP contribution in [0.1, 0.15) is 11.6 Å². The Morgan fingerprint density at radius 3 is 2.40 bits per heavy atom. The van der Waals surface area contributed by atoms with Crippen LogP contribution in [-0.4, -0.2) is 12.7 Å². The van der Waals surface area contributed by atoms with Crippen LogP contribution in [-0.2, 0) is 0 Å². The largest absolute Gasteiger partial charge is 0.486 e. The van der Waals surface area contributed by atoms with Crippen molar-refractivity contribution in [3.05, 3.63) is 59.7 Å². The van der Waals surface area contributed by atoms with Crippen LogP contribution < -0.4 is 15.2 Å². The molecule has 104 valence electrons. The van der Waals surface area contributed by atoms with E-state index in [-0.39, 0.29) is 6.61 Å². The van der Waals surface area contributed by atoms with Crippen molar-refractivity contribution in [1.82, 2.24) is 0 Å². The Morgan fingerprint density at radius 2 is 1.70 bits per heavy atom. The topological polar surface area (TPSA) is 44.5 Å². The maximum absolute atomic E-state index is 13.2. The average molecular weight is 277 g/mol. The number of ether oxygens (including phenoxy) is 2. The Bertz CT molecular complexity index is 613. The molecule has 0 amide bonds. The number of hydrogen-bond acceptors (Lipinski definition) is 3. The first-order valence-electron chi connectivity index (χ1n) is 6.23. The first kappa shape index (κ1) is 12.9. The number of nitrogens with two attached hydrogens (primary N) is 1. The van der Waals surface area contributed by atoms with Crippen molar-refractivity contribution < 1.29 is 18.3 Å². The van der Waals surface area contributed by atoms with E-state index in [1.807, 2.05) is 12.1 Å². The molecule has 5 heteroatoms. The molecule has 2 aromatic carbocycles.